The SMILES string of the molecule is [B]C([B])(Oc1ccn(-c2ccc(C(=O)NSc3cccc(NCCC)n3)c(N3CC(C)CC3(C)C)n2)n1)C([B])([B])C1C2(CC2)C12CC2. The van der Waals surface area contributed by atoms with E-state index in [2.05, 4.69) is 52.7 Å². The molecule has 1 unspecified atom stereocenters. The van der Waals surface area contributed by atoms with Gasteiger partial charge in [0.15, 0.2) is 5.82 Å². The van der Waals surface area contributed by atoms with E-state index in [1.807, 2.05) is 18.2 Å². The largest absolute Gasteiger partial charge is 0.491 e. The van der Waals surface area contributed by atoms with Gasteiger partial charge in [-0.1, -0.05) is 25.1 Å². The number of pyridine rings is 2. The van der Waals surface area contributed by atoms with Crippen molar-refractivity contribution in [2.24, 2.45) is 22.7 Å². The molecule has 3 aromatic heterocycles. The van der Waals surface area contributed by atoms with Gasteiger partial charge in [-0.25, -0.2) is 14.6 Å². The molecule has 8 radical (unpaired) electrons. The Morgan fingerprint density at radius 2 is 1.79 bits per heavy atom. The van der Waals surface area contributed by atoms with Crippen molar-refractivity contribution in [2.75, 3.05) is 23.3 Å². The van der Waals surface area contributed by atoms with E-state index in [0.717, 1.165) is 57.4 Å². The average molecular weight is 641 g/mol. The number of carbonyl (C=O) groups is 1. The van der Waals surface area contributed by atoms with Crippen molar-refractivity contribution in [1.82, 2.24) is 24.5 Å². The number of ether oxygens (including phenoxy) is 1. The smallest absolute Gasteiger partial charge is 0.265 e. The first-order valence-electron chi connectivity index (χ1n) is 16.6. The molecule has 4 heterocycles. The summed E-state index contributed by atoms with van der Waals surface area (Å²) < 4.78 is 10.6. The van der Waals surface area contributed by atoms with E-state index in [4.69, 9.17) is 41.1 Å². The van der Waals surface area contributed by atoms with Crippen molar-refractivity contribution in [2.45, 2.75) is 87.4 Å². The second-order valence-electron chi connectivity index (χ2n) is 14.8. The highest BCUT2D eigenvalue weighted by molar-refractivity contribution is 7.97. The van der Waals surface area contributed by atoms with Crippen molar-refractivity contribution >= 4 is 60.9 Å². The van der Waals surface area contributed by atoms with Gasteiger partial charge >= 0.3 is 0 Å². The van der Waals surface area contributed by atoms with E-state index in [9.17, 15) is 4.79 Å². The molecule has 1 amide bonds. The summed E-state index contributed by atoms with van der Waals surface area (Å²) in [6.45, 7) is 10.2. The minimum atomic E-state index is -1.83. The number of hydrogen-bond donors (Lipinski definition) is 2. The lowest BCUT2D eigenvalue weighted by molar-refractivity contribution is 0.0984. The zero-order chi connectivity index (χ0) is 33.4. The minimum Gasteiger partial charge on any atom is -0.491 e. The van der Waals surface area contributed by atoms with Crippen LogP contribution in [0.1, 0.15) is 76.6 Å². The number of nitrogens with one attached hydrogen (secondary N) is 2. The maximum Gasteiger partial charge on any atom is 0.265 e. The summed E-state index contributed by atoms with van der Waals surface area (Å²) in [4.78, 5) is 25.5. The van der Waals surface area contributed by atoms with Crippen LogP contribution in [0.3, 0.4) is 0 Å². The van der Waals surface area contributed by atoms with E-state index >= 15 is 0 Å². The minimum absolute atomic E-state index is 0.0318. The van der Waals surface area contributed by atoms with Crippen LogP contribution in [0.15, 0.2) is 47.6 Å². The summed E-state index contributed by atoms with van der Waals surface area (Å²) in [5, 5.41) is 5.30. The van der Waals surface area contributed by atoms with Gasteiger partial charge in [0.2, 0.25) is 5.88 Å². The molecule has 9 nitrogen and oxygen atoms in total. The topological polar surface area (TPSA) is 97.2 Å². The lowest BCUT2D eigenvalue weighted by atomic mass is 9.33. The second kappa shape index (κ2) is 11.3. The summed E-state index contributed by atoms with van der Waals surface area (Å²) in [6.07, 6.45) is 8.14. The molecule has 1 aliphatic heterocycles. The van der Waals surface area contributed by atoms with Gasteiger partial charge in [0.05, 0.1) is 21.3 Å². The van der Waals surface area contributed by atoms with Crippen LogP contribution >= 0.6 is 11.9 Å². The van der Waals surface area contributed by atoms with Crippen molar-refractivity contribution in [1.29, 1.82) is 0 Å². The summed E-state index contributed by atoms with van der Waals surface area (Å²) in [5.41, 5.74) is 0.614. The molecule has 0 bridgehead atoms. The van der Waals surface area contributed by atoms with Crippen LogP contribution in [0.25, 0.3) is 5.82 Å². The molecule has 2 spiro atoms. The van der Waals surface area contributed by atoms with E-state index in [1.54, 1.807) is 29.1 Å². The number of hydrogen-bond acceptors (Lipinski definition) is 8. The molecule has 3 aromatic rings. The first kappa shape index (κ1) is 32.5. The van der Waals surface area contributed by atoms with Crippen LogP contribution in [-0.4, -0.2) is 81.1 Å². The normalized spacial score (nSPS) is 22.0. The molecule has 2 N–H and O–H groups in total. The van der Waals surface area contributed by atoms with Gasteiger partial charge in [0.25, 0.3) is 5.91 Å². The zero-order valence-corrected chi connectivity index (χ0v) is 28.4. The van der Waals surface area contributed by atoms with Crippen LogP contribution in [0.4, 0.5) is 11.6 Å². The Balaban J connectivity index is 1.12. The fourth-order valence-electron chi connectivity index (χ4n) is 8.36. The van der Waals surface area contributed by atoms with Crippen LogP contribution in [0, 0.1) is 22.7 Å². The molecule has 4 fully saturated rings. The van der Waals surface area contributed by atoms with Crippen LogP contribution in [-0.2, 0) is 0 Å². The molecule has 3 aliphatic carbocycles. The molecule has 0 aromatic carbocycles. The third-order valence-electron chi connectivity index (χ3n) is 10.8. The molecule has 7 rings (SSSR count). The van der Waals surface area contributed by atoms with Gasteiger partial charge in [-0.15, -0.1) is 5.10 Å². The quantitative estimate of drug-likeness (QED) is 0.220. The Bertz CT molecular complexity index is 1670. The Kier molecular flexibility index (Phi) is 7.80. The van der Waals surface area contributed by atoms with Crippen LogP contribution < -0.4 is 19.7 Å². The van der Waals surface area contributed by atoms with E-state index in [-0.39, 0.29) is 34.1 Å². The van der Waals surface area contributed by atoms with Gasteiger partial charge in [0, 0.05) is 48.2 Å². The van der Waals surface area contributed by atoms with Crippen molar-refractivity contribution in [3.8, 4) is 11.7 Å². The maximum atomic E-state index is 13.7. The van der Waals surface area contributed by atoms with E-state index < -0.39 is 10.6 Å². The molecule has 1 atom stereocenters. The lowest BCUT2D eigenvalue weighted by Crippen LogP contribution is -2.52. The zero-order valence-electron chi connectivity index (χ0n) is 27.6. The molecule has 3 saturated carbocycles. The lowest BCUT2D eigenvalue weighted by Gasteiger charge is -2.45. The van der Waals surface area contributed by atoms with Gasteiger partial charge in [-0.05, 0) is 99.3 Å². The first-order chi connectivity index (χ1) is 22.2. The van der Waals surface area contributed by atoms with Gasteiger partial charge in [0.1, 0.15) is 32.4 Å². The summed E-state index contributed by atoms with van der Waals surface area (Å²) in [5.74, 6) is 2.23. The summed E-state index contributed by atoms with van der Waals surface area (Å²) in [6, 6.07) is 10.9. The van der Waals surface area contributed by atoms with Crippen molar-refractivity contribution in [3.63, 3.8) is 0 Å². The standard InChI is InChI=1S/C33H39B4N7O2S/c1-5-16-38-22-7-6-8-25(39-22)47-42-27(45)21-9-10-23(40-26(21)43-19-20(2)18-29(43,3)4)44-17-11-24(41-44)46-33(36,37)32(34,35)28-30(12-13-30)31(28)14-15-31/h6-11,17,20,28H,5,12-16,18-19H2,1-4H3,(H,38,39)(H,42,45). The second-order valence-corrected chi connectivity index (χ2v) is 15.6. The molecule has 4 aliphatic rings. The highest BCUT2D eigenvalue weighted by Crippen LogP contribution is 2.96. The van der Waals surface area contributed by atoms with Gasteiger partial charge in [-0.3, -0.25) is 9.52 Å². The molecule has 1 saturated heterocycles. The first-order valence-corrected chi connectivity index (χ1v) is 17.4. The number of nitrogens with zero attached hydrogens (tertiary/aromatic N) is 5. The molecule has 236 valence electrons. The van der Waals surface area contributed by atoms with Crippen LogP contribution in [0.5, 0.6) is 5.88 Å². The van der Waals surface area contributed by atoms with Gasteiger partial charge in [-0.2, -0.15) is 0 Å². The highest BCUT2D eigenvalue weighted by Gasteiger charge is 2.89. The third kappa shape index (κ3) is 5.56. The summed E-state index contributed by atoms with van der Waals surface area (Å²) in [7, 11) is 26.3. The number of fused-ring (bicyclic) bond motifs is 1. The van der Waals surface area contributed by atoms with Gasteiger partial charge < -0.3 is 15.0 Å². The fourth-order valence-corrected chi connectivity index (χ4v) is 8.95. The molecular weight excluding hydrogens is 602 g/mol. The van der Waals surface area contributed by atoms with E-state index in [1.165, 1.54) is 11.9 Å². The maximum absolute atomic E-state index is 13.7. The monoisotopic (exact) mass is 641 g/mol. The predicted octanol–water partition coefficient (Wildman–Crippen LogP) is 4.56. The molecule has 14 heteroatoms. The third-order valence-corrected chi connectivity index (χ3v) is 11.5. The molecular formula is C33H39B4N7O2S. The number of amides is 1. The number of aromatic nitrogens is 4. The number of rotatable bonds is 12. The highest BCUT2D eigenvalue weighted by atomic mass is 32.2. The fraction of sp³-hybridized carbons (Fsp3) is 0.576. The predicted molar refractivity (Wildman–Crippen MR) is 189 cm³/mol. The Hall–Kier alpha value is -3.01. The Morgan fingerprint density at radius 3 is 2.43 bits per heavy atom. The van der Waals surface area contributed by atoms with Crippen molar-refractivity contribution in [3.05, 3.63) is 48.2 Å². The number of anilines is 2. The Morgan fingerprint density at radius 1 is 1.06 bits per heavy atom. The van der Waals surface area contributed by atoms with Crippen LogP contribution in [0.2, 0.25) is 5.21 Å². The summed E-state index contributed by atoms with van der Waals surface area (Å²) >= 11 is 1.17. The average Bonchev–Trinajstić information content (AvgIpc) is 3.98. The Labute approximate surface area is 287 Å². The number of carbonyl (C=O) groups excluding carboxylic acids is 1. The van der Waals surface area contributed by atoms with Crippen molar-refractivity contribution < 1.29 is 9.53 Å². The molecule has 47 heavy (non-hydrogen) atoms. The van der Waals surface area contributed by atoms with E-state index in [0.29, 0.717) is 28.1 Å².